The van der Waals surface area contributed by atoms with Gasteiger partial charge in [-0.2, -0.15) is 10.1 Å². The first kappa shape index (κ1) is 20.0. The van der Waals surface area contributed by atoms with Gasteiger partial charge in [0.05, 0.1) is 25.5 Å². The number of carbonyl (C=O) groups excluding carboxylic acids is 1. The van der Waals surface area contributed by atoms with Gasteiger partial charge in [-0.1, -0.05) is 28.1 Å². The van der Waals surface area contributed by atoms with Crippen molar-refractivity contribution in [3.8, 4) is 11.5 Å². The lowest BCUT2D eigenvalue weighted by Crippen LogP contribution is -2.31. The van der Waals surface area contributed by atoms with Crippen molar-refractivity contribution in [2.75, 3.05) is 24.9 Å². The number of fused-ring (bicyclic) bond motifs is 1. The van der Waals surface area contributed by atoms with Crippen molar-refractivity contribution >= 4 is 33.5 Å². The Balaban J connectivity index is 1.77. The number of amides is 1. The van der Waals surface area contributed by atoms with Crippen LogP contribution in [0.4, 0.5) is 11.6 Å². The van der Waals surface area contributed by atoms with Crippen molar-refractivity contribution < 1.29 is 14.3 Å². The Bertz CT molecular complexity index is 1140. The molecule has 1 amide bonds. The third-order valence-corrected chi connectivity index (χ3v) is 5.35. The zero-order chi connectivity index (χ0) is 21.3. The lowest BCUT2D eigenvalue weighted by atomic mass is 9.95. The maximum absolute atomic E-state index is 13.5. The van der Waals surface area contributed by atoms with Gasteiger partial charge in [0.1, 0.15) is 23.9 Å². The van der Waals surface area contributed by atoms with Crippen LogP contribution in [0.5, 0.6) is 11.5 Å². The number of allylic oxidation sites excluding steroid dienone is 1. The topological polar surface area (TPSA) is 90.3 Å². The fourth-order valence-electron chi connectivity index (χ4n) is 3.47. The molecular weight excluding hydrogens is 450 g/mol. The van der Waals surface area contributed by atoms with Crippen LogP contribution in [0.1, 0.15) is 18.5 Å². The zero-order valence-electron chi connectivity index (χ0n) is 16.6. The van der Waals surface area contributed by atoms with Gasteiger partial charge in [0.2, 0.25) is 5.95 Å². The van der Waals surface area contributed by atoms with Crippen LogP contribution in [0.3, 0.4) is 0 Å². The summed E-state index contributed by atoms with van der Waals surface area (Å²) in [4.78, 5) is 17.7. The molecule has 1 aliphatic rings. The van der Waals surface area contributed by atoms with Gasteiger partial charge >= 0.3 is 0 Å². The number of methoxy groups -OCH3 is 2. The molecule has 2 aromatic carbocycles. The number of aromatic nitrogens is 3. The van der Waals surface area contributed by atoms with E-state index in [4.69, 9.17) is 9.47 Å². The van der Waals surface area contributed by atoms with Crippen LogP contribution in [-0.4, -0.2) is 34.9 Å². The highest BCUT2D eigenvalue weighted by Gasteiger charge is 2.33. The largest absolute Gasteiger partial charge is 0.497 e. The van der Waals surface area contributed by atoms with Crippen LogP contribution >= 0.6 is 15.9 Å². The van der Waals surface area contributed by atoms with Crippen molar-refractivity contribution in [1.29, 1.82) is 0 Å². The van der Waals surface area contributed by atoms with E-state index in [0.29, 0.717) is 34.4 Å². The highest BCUT2D eigenvalue weighted by molar-refractivity contribution is 9.10. The first-order chi connectivity index (χ1) is 14.5. The SMILES string of the molecule is COc1ccc(OC)c(NC(=O)C2=C(C)Nc3ncnn3[C@H]2c2cccc(Br)c2)c1. The second kappa shape index (κ2) is 8.19. The predicted molar refractivity (Wildman–Crippen MR) is 117 cm³/mol. The molecule has 154 valence electrons. The summed E-state index contributed by atoms with van der Waals surface area (Å²) < 4.78 is 13.3. The number of rotatable bonds is 5. The molecule has 0 aliphatic carbocycles. The minimum atomic E-state index is -0.446. The van der Waals surface area contributed by atoms with E-state index in [1.54, 1.807) is 37.1 Å². The fraction of sp³-hybridized carbons (Fsp3) is 0.190. The highest BCUT2D eigenvalue weighted by Crippen LogP contribution is 2.37. The van der Waals surface area contributed by atoms with Crippen molar-refractivity contribution in [1.82, 2.24) is 14.8 Å². The minimum Gasteiger partial charge on any atom is -0.497 e. The second-order valence-corrected chi connectivity index (χ2v) is 7.59. The van der Waals surface area contributed by atoms with Crippen molar-refractivity contribution in [3.05, 3.63) is 70.1 Å². The van der Waals surface area contributed by atoms with E-state index in [2.05, 4.69) is 36.6 Å². The minimum absolute atomic E-state index is 0.280. The number of benzene rings is 2. The Morgan fingerprint density at radius 3 is 2.77 bits per heavy atom. The molecule has 9 heteroatoms. The van der Waals surface area contributed by atoms with E-state index in [0.717, 1.165) is 10.0 Å². The van der Waals surface area contributed by atoms with Crippen LogP contribution in [-0.2, 0) is 4.79 Å². The smallest absolute Gasteiger partial charge is 0.255 e. The first-order valence-corrected chi connectivity index (χ1v) is 9.97. The molecule has 1 aliphatic heterocycles. The van der Waals surface area contributed by atoms with Gasteiger partial charge in [-0.15, -0.1) is 0 Å². The van der Waals surface area contributed by atoms with Crippen LogP contribution in [0, 0.1) is 0 Å². The molecule has 4 rings (SSSR count). The van der Waals surface area contributed by atoms with Gasteiger partial charge in [-0.05, 0) is 36.8 Å². The third-order valence-electron chi connectivity index (χ3n) is 4.86. The fourth-order valence-corrected chi connectivity index (χ4v) is 3.89. The lowest BCUT2D eigenvalue weighted by Gasteiger charge is -2.29. The molecule has 0 fully saturated rings. The molecule has 2 heterocycles. The van der Waals surface area contributed by atoms with Crippen LogP contribution in [0.25, 0.3) is 0 Å². The number of nitrogens with zero attached hydrogens (tertiary/aromatic N) is 3. The molecule has 0 radical (unpaired) electrons. The monoisotopic (exact) mass is 469 g/mol. The summed E-state index contributed by atoms with van der Waals surface area (Å²) in [6.07, 6.45) is 1.46. The van der Waals surface area contributed by atoms with E-state index < -0.39 is 6.04 Å². The van der Waals surface area contributed by atoms with E-state index in [1.165, 1.54) is 6.33 Å². The number of hydrogen-bond donors (Lipinski definition) is 2. The van der Waals surface area contributed by atoms with Gasteiger partial charge in [0.25, 0.3) is 5.91 Å². The summed E-state index contributed by atoms with van der Waals surface area (Å²) in [6.45, 7) is 1.85. The third kappa shape index (κ3) is 3.63. The Kier molecular flexibility index (Phi) is 5.45. The molecule has 8 nitrogen and oxygen atoms in total. The number of halogens is 1. The van der Waals surface area contributed by atoms with Crippen LogP contribution < -0.4 is 20.1 Å². The van der Waals surface area contributed by atoms with Gasteiger partial charge in [-0.25, -0.2) is 4.68 Å². The summed E-state index contributed by atoms with van der Waals surface area (Å²) in [7, 11) is 3.12. The molecule has 0 saturated heterocycles. The quantitative estimate of drug-likeness (QED) is 0.587. The van der Waals surface area contributed by atoms with Crippen LogP contribution in [0.2, 0.25) is 0 Å². The highest BCUT2D eigenvalue weighted by atomic mass is 79.9. The molecule has 0 saturated carbocycles. The zero-order valence-corrected chi connectivity index (χ0v) is 18.2. The molecule has 3 aromatic rings. The molecule has 1 atom stereocenters. The molecule has 0 unspecified atom stereocenters. The number of hydrogen-bond acceptors (Lipinski definition) is 6. The number of anilines is 2. The number of nitrogens with one attached hydrogen (secondary N) is 2. The van der Waals surface area contributed by atoms with Crippen molar-refractivity contribution in [2.24, 2.45) is 0 Å². The Morgan fingerprint density at radius 2 is 2.03 bits per heavy atom. The average Bonchev–Trinajstić information content (AvgIpc) is 3.20. The molecule has 2 N–H and O–H groups in total. The molecule has 30 heavy (non-hydrogen) atoms. The lowest BCUT2D eigenvalue weighted by molar-refractivity contribution is -0.113. The summed E-state index contributed by atoms with van der Waals surface area (Å²) in [5, 5.41) is 10.5. The first-order valence-electron chi connectivity index (χ1n) is 9.18. The average molecular weight is 470 g/mol. The van der Waals surface area contributed by atoms with E-state index >= 15 is 0 Å². The molecule has 0 bridgehead atoms. The normalized spacial score (nSPS) is 15.3. The Morgan fingerprint density at radius 1 is 1.20 bits per heavy atom. The molecule has 1 aromatic heterocycles. The van der Waals surface area contributed by atoms with Crippen molar-refractivity contribution in [3.63, 3.8) is 0 Å². The molecular formula is C21H20BrN5O3. The standard InChI is InChI=1S/C21H20BrN5O3/c1-12-18(20(28)26-16-10-15(29-2)7-8-17(16)30-3)19(13-5-4-6-14(22)9-13)27-21(25-12)23-11-24-27/h4-11,19H,1-3H3,(H,26,28)(H,23,24,25)/t19-/m0/s1. The van der Waals surface area contributed by atoms with Crippen LogP contribution in [0.15, 0.2) is 64.5 Å². The van der Waals surface area contributed by atoms with Gasteiger partial charge in [0.15, 0.2) is 0 Å². The van der Waals surface area contributed by atoms with E-state index in [9.17, 15) is 4.79 Å². The van der Waals surface area contributed by atoms with Gasteiger partial charge in [-0.3, -0.25) is 4.79 Å². The van der Waals surface area contributed by atoms with Gasteiger partial charge in [0, 0.05) is 16.2 Å². The van der Waals surface area contributed by atoms with E-state index in [1.807, 2.05) is 31.2 Å². The van der Waals surface area contributed by atoms with Gasteiger partial charge < -0.3 is 20.1 Å². The summed E-state index contributed by atoms with van der Waals surface area (Å²) >= 11 is 3.51. The molecule has 0 spiro atoms. The number of carbonyl (C=O) groups is 1. The second-order valence-electron chi connectivity index (χ2n) is 6.67. The Labute approximate surface area is 182 Å². The van der Waals surface area contributed by atoms with Crippen molar-refractivity contribution in [2.45, 2.75) is 13.0 Å². The summed E-state index contributed by atoms with van der Waals surface area (Å²) in [6, 6.07) is 12.6. The maximum Gasteiger partial charge on any atom is 0.255 e. The predicted octanol–water partition coefficient (Wildman–Crippen LogP) is 3.99. The maximum atomic E-state index is 13.5. The van der Waals surface area contributed by atoms with E-state index in [-0.39, 0.29) is 5.91 Å². The Hall–Kier alpha value is -3.33. The summed E-state index contributed by atoms with van der Waals surface area (Å²) in [5.74, 6) is 1.44. The number of ether oxygens (including phenoxy) is 2. The summed E-state index contributed by atoms with van der Waals surface area (Å²) in [5.41, 5.74) is 2.63.